The van der Waals surface area contributed by atoms with E-state index in [1.807, 2.05) is 54.2 Å². The van der Waals surface area contributed by atoms with E-state index < -0.39 is 0 Å². The van der Waals surface area contributed by atoms with Gasteiger partial charge in [-0.05, 0) is 11.6 Å². The van der Waals surface area contributed by atoms with Crippen molar-refractivity contribution in [2.24, 2.45) is 12.0 Å². The third kappa shape index (κ3) is 2.29. The van der Waals surface area contributed by atoms with Crippen LogP contribution >= 0.6 is 0 Å². The van der Waals surface area contributed by atoms with Crippen LogP contribution in [0.2, 0.25) is 0 Å². The molecule has 19 heavy (non-hydrogen) atoms. The van der Waals surface area contributed by atoms with Crippen LogP contribution in [-0.2, 0) is 7.05 Å². The second kappa shape index (κ2) is 4.72. The normalized spacial score (nSPS) is 20.8. The number of hydrogen-bond donors (Lipinski definition) is 1. The minimum Gasteiger partial charge on any atom is -0.493 e. The number of aliphatic hydroxyl groups excluding tert-OH is 1. The van der Waals surface area contributed by atoms with Gasteiger partial charge in [0.1, 0.15) is 0 Å². The quantitative estimate of drug-likeness (QED) is 0.894. The molecule has 1 aromatic heterocycles. The molecule has 1 atom stereocenters. The molecule has 96 valence electrons. The molecule has 2 aromatic rings. The number of nitrogens with zero attached hydrogens (tertiary/aromatic N) is 3. The smallest absolute Gasteiger partial charge is 0.210 e. The standard InChI is InChI=1S/C15H15N3O/c1-18-9-14(17-10-18)13-8-16-15(19)12(13)7-11-5-3-2-4-6-11/h2-7,9-10,13H,8H2,1H3,(H,16,19)/b12-7+/t13-/m0/s1. The summed E-state index contributed by atoms with van der Waals surface area (Å²) >= 11 is 0. The first-order chi connectivity index (χ1) is 9.24. The Morgan fingerprint density at radius 1 is 1.32 bits per heavy atom. The zero-order valence-electron chi connectivity index (χ0n) is 10.7. The lowest BCUT2D eigenvalue weighted by Gasteiger charge is -2.08. The summed E-state index contributed by atoms with van der Waals surface area (Å²) in [4.78, 5) is 8.50. The average molecular weight is 253 g/mol. The maximum absolute atomic E-state index is 9.94. The van der Waals surface area contributed by atoms with Crippen LogP contribution in [0, 0.1) is 0 Å². The van der Waals surface area contributed by atoms with Crippen LogP contribution in [0.25, 0.3) is 6.08 Å². The minimum atomic E-state index is 0.0430. The molecule has 0 saturated heterocycles. The van der Waals surface area contributed by atoms with Crippen LogP contribution in [-0.4, -0.2) is 27.1 Å². The SMILES string of the molecule is Cn1cnc([C@H]2CN=C(O)/C2=C/c2ccccc2)c1. The van der Waals surface area contributed by atoms with Gasteiger partial charge >= 0.3 is 0 Å². The van der Waals surface area contributed by atoms with E-state index >= 15 is 0 Å². The largest absolute Gasteiger partial charge is 0.493 e. The molecule has 0 aliphatic carbocycles. The van der Waals surface area contributed by atoms with Gasteiger partial charge < -0.3 is 9.67 Å². The van der Waals surface area contributed by atoms with Gasteiger partial charge in [0.15, 0.2) is 0 Å². The second-order valence-electron chi connectivity index (χ2n) is 4.69. The maximum atomic E-state index is 9.94. The second-order valence-corrected chi connectivity index (χ2v) is 4.69. The molecular formula is C15H15N3O. The monoisotopic (exact) mass is 253 g/mol. The Labute approximate surface area is 111 Å². The fourth-order valence-electron chi connectivity index (χ4n) is 2.28. The van der Waals surface area contributed by atoms with E-state index in [0.29, 0.717) is 6.54 Å². The Morgan fingerprint density at radius 3 is 2.79 bits per heavy atom. The number of benzene rings is 1. The van der Waals surface area contributed by atoms with Gasteiger partial charge in [-0.2, -0.15) is 0 Å². The van der Waals surface area contributed by atoms with Crippen LogP contribution in [0.1, 0.15) is 17.2 Å². The summed E-state index contributed by atoms with van der Waals surface area (Å²) in [6, 6.07) is 9.94. The van der Waals surface area contributed by atoms with Gasteiger partial charge in [0.2, 0.25) is 5.90 Å². The van der Waals surface area contributed by atoms with Crippen molar-refractivity contribution in [1.29, 1.82) is 0 Å². The third-order valence-corrected chi connectivity index (χ3v) is 3.26. The predicted octanol–water partition coefficient (Wildman–Crippen LogP) is 2.56. The van der Waals surface area contributed by atoms with Gasteiger partial charge in [0.05, 0.1) is 24.5 Å². The molecule has 3 rings (SSSR count). The van der Waals surface area contributed by atoms with Gasteiger partial charge in [0.25, 0.3) is 0 Å². The lowest BCUT2D eigenvalue weighted by Crippen LogP contribution is -2.06. The van der Waals surface area contributed by atoms with Crippen LogP contribution in [0.5, 0.6) is 0 Å². The van der Waals surface area contributed by atoms with Crippen LogP contribution < -0.4 is 0 Å². The zero-order valence-corrected chi connectivity index (χ0v) is 10.7. The fourth-order valence-corrected chi connectivity index (χ4v) is 2.28. The third-order valence-electron chi connectivity index (χ3n) is 3.26. The van der Waals surface area contributed by atoms with E-state index in [2.05, 4.69) is 9.98 Å². The minimum absolute atomic E-state index is 0.0430. The fraction of sp³-hybridized carbons (Fsp3) is 0.200. The first-order valence-electron chi connectivity index (χ1n) is 6.22. The summed E-state index contributed by atoms with van der Waals surface area (Å²) in [5.41, 5.74) is 2.84. The van der Waals surface area contributed by atoms with E-state index in [1.54, 1.807) is 6.33 Å². The molecular weight excluding hydrogens is 238 g/mol. The van der Waals surface area contributed by atoms with Crippen LogP contribution in [0.4, 0.5) is 0 Å². The summed E-state index contributed by atoms with van der Waals surface area (Å²) in [5, 5.41) is 9.94. The Kier molecular flexibility index (Phi) is 2.91. The van der Waals surface area contributed by atoms with E-state index in [1.165, 1.54) is 0 Å². The lowest BCUT2D eigenvalue weighted by atomic mass is 9.96. The van der Waals surface area contributed by atoms with Crippen molar-refractivity contribution in [2.45, 2.75) is 5.92 Å². The van der Waals surface area contributed by atoms with Crippen molar-refractivity contribution in [2.75, 3.05) is 6.54 Å². The Hall–Kier alpha value is -2.36. The van der Waals surface area contributed by atoms with Crippen LogP contribution in [0.15, 0.2) is 53.4 Å². The van der Waals surface area contributed by atoms with Crippen molar-refractivity contribution < 1.29 is 5.11 Å². The molecule has 0 radical (unpaired) electrons. The molecule has 0 spiro atoms. The summed E-state index contributed by atoms with van der Waals surface area (Å²) < 4.78 is 1.91. The summed E-state index contributed by atoms with van der Waals surface area (Å²) in [7, 11) is 1.94. The molecule has 2 heterocycles. The maximum Gasteiger partial charge on any atom is 0.210 e. The lowest BCUT2D eigenvalue weighted by molar-refractivity contribution is 0.555. The van der Waals surface area contributed by atoms with Gasteiger partial charge in [-0.15, -0.1) is 0 Å². The van der Waals surface area contributed by atoms with E-state index in [0.717, 1.165) is 16.8 Å². The van der Waals surface area contributed by atoms with Crippen molar-refractivity contribution in [1.82, 2.24) is 9.55 Å². The van der Waals surface area contributed by atoms with Gasteiger partial charge in [-0.3, -0.25) is 4.99 Å². The highest BCUT2D eigenvalue weighted by Gasteiger charge is 2.27. The Bertz CT molecular complexity index is 640. The van der Waals surface area contributed by atoms with E-state index in [-0.39, 0.29) is 11.8 Å². The molecule has 1 N–H and O–H groups in total. The first-order valence-corrected chi connectivity index (χ1v) is 6.22. The van der Waals surface area contributed by atoms with Gasteiger partial charge in [-0.1, -0.05) is 30.3 Å². The molecule has 4 nitrogen and oxygen atoms in total. The van der Waals surface area contributed by atoms with Crippen molar-refractivity contribution in [3.63, 3.8) is 0 Å². The number of aliphatic hydroxyl groups is 1. The molecule has 0 amide bonds. The number of aromatic nitrogens is 2. The molecule has 0 bridgehead atoms. The molecule has 1 aromatic carbocycles. The molecule has 0 saturated carbocycles. The Balaban J connectivity index is 1.97. The Morgan fingerprint density at radius 2 is 2.11 bits per heavy atom. The molecule has 0 unspecified atom stereocenters. The van der Waals surface area contributed by atoms with Gasteiger partial charge in [0, 0.05) is 18.8 Å². The van der Waals surface area contributed by atoms with Crippen molar-refractivity contribution in [3.05, 3.63) is 59.7 Å². The summed E-state index contributed by atoms with van der Waals surface area (Å²) in [5.74, 6) is 0.168. The van der Waals surface area contributed by atoms with E-state index in [4.69, 9.17) is 0 Å². The number of hydrogen-bond acceptors (Lipinski definition) is 2. The van der Waals surface area contributed by atoms with Crippen molar-refractivity contribution in [3.8, 4) is 0 Å². The molecule has 0 fully saturated rings. The number of aliphatic imine (C=N–C) groups is 1. The highest BCUT2D eigenvalue weighted by molar-refractivity contribution is 5.99. The molecule has 4 heteroatoms. The summed E-state index contributed by atoms with van der Waals surface area (Å²) in [6.45, 7) is 0.557. The van der Waals surface area contributed by atoms with Gasteiger partial charge in [-0.25, -0.2) is 4.98 Å². The highest BCUT2D eigenvalue weighted by atomic mass is 16.3. The number of rotatable bonds is 2. The van der Waals surface area contributed by atoms with Crippen molar-refractivity contribution >= 4 is 12.0 Å². The average Bonchev–Trinajstić information content (AvgIpc) is 2.99. The molecule has 1 aliphatic heterocycles. The predicted molar refractivity (Wildman–Crippen MR) is 75.3 cm³/mol. The highest BCUT2D eigenvalue weighted by Crippen LogP contribution is 2.30. The number of imidazole rings is 1. The van der Waals surface area contributed by atoms with Crippen LogP contribution in [0.3, 0.4) is 0 Å². The summed E-state index contributed by atoms with van der Waals surface area (Å²) in [6.07, 6.45) is 5.72. The first kappa shape index (κ1) is 11.7. The number of aryl methyl sites for hydroxylation is 1. The molecule has 1 aliphatic rings. The topological polar surface area (TPSA) is 50.4 Å². The zero-order chi connectivity index (χ0) is 13.2. The van der Waals surface area contributed by atoms with E-state index in [9.17, 15) is 5.11 Å².